The van der Waals surface area contributed by atoms with E-state index in [1.54, 1.807) is 13.2 Å². The highest BCUT2D eigenvalue weighted by molar-refractivity contribution is 5.98. The number of methoxy groups -OCH3 is 1. The fourth-order valence-corrected chi connectivity index (χ4v) is 2.79. The van der Waals surface area contributed by atoms with Gasteiger partial charge in [0, 0.05) is 17.5 Å². The van der Waals surface area contributed by atoms with Crippen molar-refractivity contribution in [3.8, 4) is 5.75 Å². The van der Waals surface area contributed by atoms with Crippen LogP contribution in [0.3, 0.4) is 0 Å². The highest BCUT2D eigenvalue weighted by Crippen LogP contribution is 2.35. The molecule has 0 fully saturated rings. The second-order valence-electron chi connectivity index (χ2n) is 6.40. The monoisotopic (exact) mass is 322 g/mol. The first kappa shape index (κ1) is 16.1. The van der Waals surface area contributed by atoms with E-state index in [1.165, 1.54) is 5.56 Å². The van der Waals surface area contributed by atoms with Gasteiger partial charge in [-0.25, -0.2) is 0 Å². The third kappa shape index (κ3) is 2.87. The predicted molar refractivity (Wildman–Crippen MR) is 98.6 cm³/mol. The molecule has 4 heteroatoms. The Morgan fingerprint density at radius 1 is 1.21 bits per heavy atom. The lowest BCUT2D eigenvalue weighted by Crippen LogP contribution is -2.27. The number of nitrogens with zero attached hydrogens (tertiary/aromatic N) is 1. The van der Waals surface area contributed by atoms with Gasteiger partial charge in [-0.3, -0.25) is 0 Å². The Labute approximate surface area is 142 Å². The Kier molecular flexibility index (Phi) is 4.30. The molecule has 3 aromatic rings. The number of ether oxygens (including phenoxy) is 1. The van der Waals surface area contributed by atoms with Crippen LogP contribution in [0.15, 0.2) is 53.6 Å². The van der Waals surface area contributed by atoms with E-state index in [9.17, 15) is 0 Å². The van der Waals surface area contributed by atoms with Crippen molar-refractivity contribution < 1.29 is 9.26 Å². The topological polar surface area (TPSA) is 47.3 Å². The van der Waals surface area contributed by atoms with Crippen LogP contribution in [0.5, 0.6) is 5.75 Å². The molecular weight excluding hydrogens is 300 g/mol. The number of hydrogen-bond acceptors (Lipinski definition) is 4. The number of hydrogen-bond donors (Lipinski definition) is 1. The first-order chi connectivity index (χ1) is 11.6. The van der Waals surface area contributed by atoms with Crippen LogP contribution in [-0.2, 0) is 5.41 Å². The smallest absolute Gasteiger partial charge is 0.181 e. The zero-order chi connectivity index (χ0) is 17.2. The zero-order valence-corrected chi connectivity index (χ0v) is 14.3. The summed E-state index contributed by atoms with van der Waals surface area (Å²) in [5.41, 5.74) is 2.80. The van der Waals surface area contributed by atoms with E-state index < -0.39 is 0 Å². The van der Waals surface area contributed by atoms with Crippen LogP contribution >= 0.6 is 0 Å². The van der Waals surface area contributed by atoms with Crippen LogP contribution < -0.4 is 10.1 Å². The number of benzene rings is 2. The number of rotatable bonds is 6. The fraction of sp³-hybridized carbons (Fsp3) is 0.250. The highest BCUT2D eigenvalue weighted by Gasteiger charge is 2.22. The summed E-state index contributed by atoms with van der Waals surface area (Å²) in [6.07, 6.45) is 1.75. The van der Waals surface area contributed by atoms with E-state index >= 15 is 0 Å². The molecule has 0 radical (unpaired) electrons. The maximum atomic E-state index is 5.52. The summed E-state index contributed by atoms with van der Waals surface area (Å²) >= 11 is 0. The van der Waals surface area contributed by atoms with E-state index in [0.717, 1.165) is 23.2 Å². The standard InChI is InChI=1S/C20H22N2O2/c1-5-14-11-12-16(23-4)17-18(14)24-22-19(17)21-13-20(2,3)15-9-7-6-8-10-15/h5-12H,1,13H2,2-4H3,(H,21,22). The predicted octanol–water partition coefficient (Wildman–Crippen LogP) is 4.87. The first-order valence-corrected chi connectivity index (χ1v) is 7.95. The Hall–Kier alpha value is -2.75. The number of nitrogens with one attached hydrogen (secondary N) is 1. The van der Waals surface area contributed by atoms with Crippen LogP contribution in [0, 0.1) is 0 Å². The first-order valence-electron chi connectivity index (χ1n) is 7.95. The van der Waals surface area contributed by atoms with Crippen LogP contribution in [-0.4, -0.2) is 18.8 Å². The summed E-state index contributed by atoms with van der Waals surface area (Å²) in [7, 11) is 1.65. The molecule has 3 rings (SSSR count). The van der Waals surface area contributed by atoms with Crippen LogP contribution in [0.2, 0.25) is 0 Å². The van der Waals surface area contributed by atoms with Gasteiger partial charge in [0.2, 0.25) is 0 Å². The van der Waals surface area contributed by atoms with Crippen molar-refractivity contribution in [2.75, 3.05) is 19.0 Å². The SMILES string of the molecule is C=Cc1ccc(OC)c2c(NCC(C)(C)c3ccccc3)noc12. The van der Waals surface area contributed by atoms with Crippen molar-refractivity contribution in [1.29, 1.82) is 0 Å². The molecule has 0 aliphatic carbocycles. The van der Waals surface area contributed by atoms with Gasteiger partial charge in [-0.05, 0) is 17.7 Å². The summed E-state index contributed by atoms with van der Waals surface area (Å²) in [6.45, 7) is 8.94. The summed E-state index contributed by atoms with van der Waals surface area (Å²) in [6, 6.07) is 14.2. The number of fused-ring (bicyclic) bond motifs is 1. The van der Waals surface area contributed by atoms with E-state index in [4.69, 9.17) is 9.26 Å². The van der Waals surface area contributed by atoms with Crippen LogP contribution in [0.25, 0.3) is 17.0 Å². The van der Waals surface area contributed by atoms with Crippen molar-refractivity contribution in [2.45, 2.75) is 19.3 Å². The minimum atomic E-state index is -0.0458. The van der Waals surface area contributed by atoms with Gasteiger partial charge >= 0.3 is 0 Å². The van der Waals surface area contributed by atoms with Gasteiger partial charge in [-0.2, -0.15) is 0 Å². The third-order valence-corrected chi connectivity index (χ3v) is 4.31. The zero-order valence-electron chi connectivity index (χ0n) is 14.3. The van der Waals surface area contributed by atoms with E-state index in [-0.39, 0.29) is 5.41 Å². The van der Waals surface area contributed by atoms with Gasteiger partial charge in [0.1, 0.15) is 11.1 Å². The normalized spacial score (nSPS) is 11.5. The van der Waals surface area contributed by atoms with Crippen molar-refractivity contribution in [2.24, 2.45) is 0 Å². The molecule has 124 valence electrons. The molecule has 0 saturated carbocycles. The second-order valence-corrected chi connectivity index (χ2v) is 6.40. The van der Waals surface area contributed by atoms with Gasteiger partial charge < -0.3 is 14.6 Å². The molecule has 0 bridgehead atoms. The quantitative estimate of drug-likeness (QED) is 0.703. The molecule has 0 aliphatic rings. The Bertz CT molecular complexity index is 851. The minimum Gasteiger partial charge on any atom is -0.496 e. The van der Waals surface area contributed by atoms with Crippen molar-refractivity contribution in [3.05, 3.63) is 60.2 Å². The molecule has 1 aromatic heterocycles. The largest absolute Gasteiger partial charge is 0.496 e. The lowest BCUT2D eigenvalue weighted by molar-refractivity contribution is 0.419. The maximum absolute atomic E-state index is 5.52. The van der Waals surface area contributed by atoms with Gasteiger partial charge in [-0.1, -0.05) is 62.0 Å². The maximum Gasteiger partial charge on any atom is 0.181 e. The van der Waals surface area contributed by atoms with Crippen molar-refractivity contribution in [1.82, 2.24) is 5.16 Å². The minimum absolute atomic E-state index is 0.0458. The van der Waals surface area contributed by atoms with E-state index in [0.29, 0.717) is 11.4 Å². The van der Waals surface area contributed by atoms with Crippen molar-refractivity contribution >= 4 is 22.9 Å². The molecular formula is C20H22N2O2. The average molecular weight is 322 g/mol. The Balaban J connectivity index is 1.92. The molecule has 4 nitrogen and oxygen atoms in total. The summed E-state index contributed by atoms with van der Waals surface area (Å²) in [5, 5.41) is 8.45. The summed E-state index contributed by atoms with van der Waals surface area (Å²) < 4.78 is 11.0. The molecule has 0 unspecified atom stereocenters. The Morgan fingerprint density at radius 3 is 2.62 bits per heavy atom. The lowest BCUT2D eigenvalue weighted by atomic mass is 9.84. The third-order valence-electron chi connectivity index (χ3n) is 4.31. The van der Waals surface area contributed by atoms with Crippen LogP contribution in [0.4, 0.5) is 5.82 Å². The lowest BCUT2D eigenvalue weighted by Gasteiger charge is -2.25. The fourth-order valence-electron chi connectivity index (χ4n) is 2.79. The Morgan fingerprint density at radius 2 is 1.96 bits per heavy atom. The molecule has 0 atom stereocenters. The molecule has 24 heavy (non-hydrogen) atoms. The van der Waals surface area contributed by atoms with Gasteiger partial charge in [-0.15, -0.1) is 0 Å². The molecule has 1 heterocycles. The van der Waals surface area contributed by atoms with Crippen LogP contribution in [0.1, 0.15) is 25.0 Å². The van der Waals surface area contributed by atoms with Gasteiger partial charge in [0.15, 0.2) is 11.4 Å². The molecule has 0 spiro atoms. The highest BCUT2D eigenvalue weighted by atomic mass is 16.5. The van der Waals surface area contributed by atoms with Gasteiger partial charge in [0.05, 0.1) is 7.11 Å². The summed E-state index contributed by atoms with van der Waals surface area (Å²) in [4.78, 5) is 0. The molecule has 0 amide bonds. The van der Waals surface area contributed by atoms with Gasteiger partial charge in [0.25, 0.3) is 0 Å². The average Bonchev–Trinajstić information content (AvgIpc) is 3.04. The molecule has 0 saturated heterocycles. The molecule has 2 aromatic carbocycles. The van der Waals surface area contributed by atoms with E-state index in [1.807, 2.05) is 18.2 Å². The van der Waals surface area contributed by atoms with Crippen molar-refractivity contribution in [3.63, 3.8) is 0 Å². The molecule has 1 N–H and O–H groups in total. The van der Waals surface area contributed by atoms with E-state index in [2.05, 4.69) is 55.2 Å². The summed E-state index contributed by atoms with van der Waals surface area (Å²) in [5.74, 6) is 1.42. The number of anilines is 1. The second kappa shape index (κ2) is 6.40. The number of aromatic nitrogens is 1. The molecule has 0 aliphatic heterocycles.